The van der Waals surface area contributed by atoms with E-state index in [4.69, 9.17) is 34.3 Å². The molecule has 0 aliphatic heterocycles. The average Bonchev–Trinajstić information content (AvgIpc) is 2.66. The van der Waals surface area contributed by atoms with Crippen LogP contribution in [0.2, 0.25) is 5.02 Å². The first-order valence-corrected chi connectivity index (χ1v) is 7.09. The molecule has 0 amide bonds. The van der Waals surface area contributed by atoms with Crippen molar-refractivity contribution in [2.75, 3.05) is 12.3 Å². The minimum absolute atomic E-state index is 0.251. The SMILES string of the molecule is CCOC(=O)c1sc(=S)n(-c2ccccc2Cl)c1N. The Morgan fingerprint density at radius 3 is 2.84 bits per heavy atom. The van der Waals surface area contributed by atoms with Gasteiger partial charge in [0.15, 0.2) is 8.83 Å². The number of halogens is 1. The predicted octanol–water partition coefficient (Wildman–Crippen LogP) is 3.68. The zero-order valence-electron chi connectivity index (χ0n) is 10.1. The van der Waals surface area contributed by atoms with Crippen molar-refractivity contribution < 1.29 is 9.53 Å². The van der Waals surface area contributed by atoms with Crippen LogP contribution in [0.4, 0.5) is 5.82 Å². The number of esters is 1. The van der Waals surface area contributed by atoms with Gasteiger partial charge in [0.05, 0.1) is 17.3 Å². The van der Waals surface area contributed by atoms with Crippen LogP contribution >= 0.6 is 35.2 Å². The second-order valence-corrected chi connectivity index (χ2v) is 5.64. The van der Waals surface area contributed by atoms with Gasteiger partial charge in [0.25, 0.3) is 0 Å². The summed E-state index contributed by atoms with van der Waals surface area (Å²) in [6.45, 7) is 2.02. The molecule has 100 valence electrons. The number of hydrogen-bond acceptors (Lipinski definition) is 5. The summed E-state index contributed by atoms with van der Waals surface area (Å²) >= 11 is 12.5. The van der Waals surface area contributed by atoms with E-state index in [0.717, 1.165) is 11.3 Å². The number of thiazole rings is 1. The zero-order valence-corrected chi connectivity index (χ0v) is 12.4. The Hall–Kier alpha value is -1.37. The molecule has 0 saturated carbocycles. The smallest absolute Gasteiger partial charge is 0.352 e. The first-order chi connectivity index (χ1) is 9.06. The molecule has 4 nitrogen and oxygen atoms in total. The average molecular weight is 315 g/mol. The van der Waals surface area contributed by atoms with Crippen molar-refractivity contribution in [3.05, 3.63) is 38.1 Å². The number of carbonyl (C=O) groups is 1. The van der Waals surface area contributed by atoms with E-state index in [-0.39, 0.29) is 12.4 Å². The molecule has 0 atom stereocenters. The molecule has 1 aromatic carbocycles. The van der Waals surface area contributed by atoms with E-state index in [2.05, 4.69) is 0 Å². The fraction of sp³-hybridized carbons (Fsp3) is 0.167. The number of nitrogens with zero attached hydrogens (tertiary/aromatic N) is 1. The fourth-order valence-electron chi connectivity index (χ4n) is 1.59. The number of anilines is 1. The maximum absolute atomic E-state index is 11.8. The normalized spacial score (nSPS) is 10.4. The van der Waals surface area contributed by atoms with Crippen LogP contribution in [0.1, 0.15) is 16.6 Å². The van der Waals surface area contributed by atoms with Gasteiger partial charge in [-0.3, -0.25) is 4.57 Å². The summed E-state index contributed by atoms with van der Waals surface area (Å²) < 4.78 is 6.97. The summed E-state index contributed by atoms with van der Waals surface area (Å²) in [6, 6.07) is 7.16. The summed E-state index contributed by atoms with van der Waals surface area (Å²) in [5.74, 6) is -0.219. The van der Waals surface area contributed by atoms with Crippen LogP contribution < -0.4 is 5.73 Å². The maximum Gasteiger partial charge on any atom is 0.352 e. The molecule has 0 saturated heterocycles. The monoisotopic (exact) mass is 314 g/mol. The summed E-state index contributed by atoms with van der Waals surface area (Å²) in [6.07, 6.45) is 0. The Labute approximate surface area is 124 Å². The van der Waals surface area contributed by atoms with E-state index in [1.165, 1.54) is 0 Å². The number of ether oxygens (including phenoxy) is 1. The minimum atomic E-state index is -0.470. The van der Waals surface area contributed by atoms with Crippen molar-refractivity contribution in [2.24, 2.45) is 0 Å². The lowest BCUT2D eigenvalue weighted by molar-refractivity contribution is 0.0533. The van der Waals surface area contributed by atoms with Gasteiger partial charge >= 0.3 is 5.97 Å². The third-order valence-corrected chi connectivity index (χ3v) is 4.09. The highest BCUT2D eigenvalue weighted by molar-refractivity contribution is 7.73. The third-order valence-electron chi connectivity index (χ3n) is 2.40. The summed E-state index contributed by atoms with van der Waals surface area (Å²) in [5, 5.41) is 0.513. The molecule has 0 aliphatic rings. The van der Waals surface area contributed by atoms with E-state index < -0.39 is 5.97 Å². The van der Waals surface area contributed by atoms with Gasteiger partial charge < -0.3 is 10.5 Å². The Bertz CT molecular complexity index is 679. The lowest BCUT2D eigenvalue weighted by atomic mass is 10.3. The van der Waals surface area contributed by atoms with Gasteiger partial charge in [0, 0.05) is 0 Å². The Morgan fingerprint density at radius 2 is 2.21 bits per heavy atom. The lowest BCUT2D eigenvalue weighted by Crippen LogP contribution is -2.08. The Morgan fingerprint density at radius 1 is 1.53 bits per heavy atom. The molecular formula is C12H11ClN2O2S2. The molecule has 0 radical (unpaired) electrons. The second-order valence-electron chi connectivity index (χ2n) is 3.59. The van der Waals surface area contributed by atoms with Crippen molar-refractivity contribution in [3.63, 3.8) is 0 Å². The van der Waals surface area contributed by atoms with Gasteiger partial charge in [-0.05, 0) is 31.3 Å². The van der Waals surface area contributed by atoms with Crippen LogP contribution in [0.3, 0.4) is 0 Å². The Kier molecular flexibility index (Phi) is 4.24. The third kappa shape index (κ3) is 2.65. The maximum atomic E-state index is 11.8. The molecule has 0 fully saturated rings. The fourth-order valence-corrected chi connectivity index (χ4v) is 3.06. The first-order valence-electron chi connectivity index (χ1n) is 5.49. The summed E-state index contributed by atoms with van der Waals surface area (Å²) in [7, 11) is 0. The van der Waals surface area contributed by atoms with Crippen LogP contribution in [0, 0.1) is 3.95 Å². The highest BCUT2D eigenvalue weighted by Gasteiger charge is 2.19. The zero-order chi connectivity index (χ0) is 14.0. The van der Waals surface area contributed by atoms with Gasteiger partial charge in [0.1, 0.15) is 5.82 Å². The molecule has 2 N–H and O–H groups in total. The molecule has 19 heavy (non-hydrogen) atoms. The van der Waals surface area contributed by atoms with E-state index in [0.29, 0.717) is 19.5 Å². The van der Waals surface area contributed by atoms with Crippen molar-refractivity contribution in [2.45, 2.75) is 6.92 Å². The number of rotatable bonds is 3. The number of benzene rings is 1. The van der Waals surface area contributed by atoms with Crippen LogP contribution in [0.25, 0.3) is 5.69 Å². The number of aromatic nitrogens is 1. The summed E-state index contributed by atoms with van der Waals surface area (Å²) in [5.41, 5.74) is 6.63. The molecule has 1 aromatic heterocycles. The largest absolute Gasteiger partial charge is 0.462 e. The van der Waals surface area contributed by atoms with Crippen LogP contribution in [-0.2, 0) is 4.74 Å². The van der Waals surface area contributed by atoms with Crippen LogP contribution in [0.5, 0.6) is 0 Å². The first kappa shape index (κ1) is 14.0. The quantitative estimate of drug-likeness (QED) is 0.693. The number of hydrogen-bond donors (Lipinski definition) is 1. The van der Waals surface area contributed by atoms with Gasteiger partial charge in [-0.15, -0.1) is 0 Å². The number of para-hydroxylation sites is 1. The standard InChI is InChI=1S/C12H11ClN2O2S2/c1-2-17-11(16)9-10(14)15(12(18)19-9)8-6-4-3-5-7(8)13/h3-6H,2,14H2,1H3. The van der Waals surface area contributed by atoms with E-state index in [9.17, 15) is 4.79 Å². The predicted molar refractivity (Wildman–Crippen MR) is 79.9 cm³/mol. The van der Waals surface area contributed by atoms with Crippen molar-refractivity contribution in [3.8, 4) is 5.69 Å². The molecule has 0 aliphatic carbocycles. The highest BCUT2D eigenvalue weighted by Crippen LogP contribution is 2.30. The minimum Gasteiger partial charge on any atom is -0.462 e. The number of carbonyl (C=O) groups excluding carboxylic acids is 1. The number of nitrogens with two attached hydrogens (primary N) is 1. The van der Waals surface area contributed by atoms with Gasteiger partial charge in [-0.1, -0.05) is 35.1 Å². The van der Waals surface area contributed by atoms with Crippen molar-refractivity contribution >= 4 is 46.9 Å². The Balaban J connectivity index is 2.58. The second kappa shape index (κ2) is 5.73. The van der Waals surface area contributed by atoms with Crippen molar-refractivity contribution in [1.82, 2.24) is 4.57 Å². The highest BCUT2D eigenvalue weighted by atomic mass is 35.5. The topological polar surface area (TPSA) is 57.2 Å². The molecule has 7 heteroatoms. The van der Waals surface area contributed by atoms with Crippen molar-refractivity contribution in [1.29, 1.82) is 0 Å². The molecular weight excluding hydrogens is 304 g/mol. The van der Waals surface area contributed by atoms with E-state index in [1.54, 1.807) is 23.6 Å². The van der Waals surface area contributed by atoms with E-state index >= 15 is 0 Å². The molecule has 1 heterocycles. The molecule has 0 unspecified atom stereocenters. The molecule has 0 bridgehead atoms. The van der Waals surface area contributed by atoms with Crippen LogP contribution in [-0.4, -0.2) is 17.1 Å². The summed E-state index contributed by atoms with van der Waals surface area (Å²) in [4.78, 5) is 12.1. The van der Waals surface area contributed by atoms with Gasteiger partial charge in [-0.2, -0.15) is 0 Å². The van der Waals surface area contributed by atoms with Crippen LogP contribution in [0.15, 0.2) is 24.3 Å². The van der Waals surface area contributed by atoms with Gasteiger partial charge in [-0.25, -0.2) is 4.79 Å². The van der Waals surface area contributed by atoms with E-state index in [1.807, 2.05) is 12.1 Å². The lowest BCUT2D eigenvalue weighted by Gasteiger charge is -2.07. The van der Waals surface area contributed by atoms with Gasteiger partial charge in [0.2, 0.25) is 0 Å². The number of nitrogen functional groups attached to an aromatic ring is 1. The molecule has 2 aromatic rings. The molecule has 0 spiro atoms. The molecule has 2 rings (SSSR count).